The van der Waals surface area contributed by atoms with Crippen molar-refractivity contribution >= 4 is 61.8 Å². The number of pyridine rings is 6. The zero-order valence-electron chi connectivity index (χ0n) is 46.5. The fraction of sp³-hybridized carbons (Fsp3) is 0.219. The fourth-order valence-electron chi connectivity index (χ4n) is 9.95. The number of benzene rings is 4. The van der Waals surface area contributed by atoms with E-state index in [9.17, 15) is 13.2 Å². The van der Waals surface area contributed by atoms with E-state index in [0.29, 0.717) is 64.6 Å². The maximum absolute atomic E-state index is 15.5. The van der Waals surface area contributed by atoms with E-state index < -0.39 is 23.3 Å². The molecular weight excluding hydrogens is 1080 g/mol. The van der Waals surface area contributed by atoms with E-state index in [1.165, 1.54) is 12.1 Å². The maximum atomic E-state index is 15.5. The lowest BCUT2D eigenvalue weighted by atomic mass is 10.0. The summed E-state index contributed by atoms with van der Waals surface area (Å²) in [6.45, 7) is 13.7. The summed E-state index contributed by atoms with van der Waals surface area (Å²) in [7, 11) is 3.18. The Kier molecular flexibility index (Phi) is 17.6. The number of hydrogen-bond acceptors (Lipinski definition) is 14. The number of nitrogens with zero attached hydrogens (tertiary/aromatic N) is 8. The van der Waals surface area contributed by atoms with Gasteiger partial charge < -0.3 is 39.8 Å². The van der Waals surface area contributed by atoms with Gasteiger partial charge in [-0.05, 0) is 105 Å². The Labute approximate surface area is 482 Å². The molecular formula is C64H59ClF4N10O4. The first kappa shape index (κ1) is 57.3. The van der Waals surface area contributed by atoms with Crippen molar-refractivity contribution < 1.29 is 36.5 Å². The minimum absolute atomic E-state index is 0.131. The second-order valence-corrected chi connectivity index (χ2v) is 20.2. The van der Waals surface area contributed by atoms with Crippen molar-refractivity contribution in [3.63, 3.8) is 0 Å². The van der Waals surface area contributed by atoms with Crippen LogP contribution in [-0.2, 0) is 9.47 Å². The van der Waals surface area contributed by atoms with Gasteiger partial charge in [-0.15, -0.1) is 0 Å². The van der Waals surface area contributed by atoms with Crippen LogP contribution in [-0.4, -0.2) is 96.7 Å². The molecule has 2 aliphatic rings. The topological polar surface area (TPSA) is 159 Å². The highest BCUT2D eigenvalue weighted by molar-refractivity contribution is 6.36. The molecule has 10 aromatic rings. The van der Waals surface area contributed by atoms with Gasteiger partial charge in [-0.3, -0.25) is 9.97 Å². The van der Waals surface area contributed by atoms with Gasteiger partial charge in [-0.25, -0.2) is 37.5 Å². The molecule has 2 fully saturated rings. The quantitative estimate of drug-likeness (QED) is 0.0984. The highest BCUT2D eigenvalue weighted by Crippen LogP contribution is 2.41. The molecule has 0 aliphatic carbocycles. The van der Waals surface area contributed by atoms with Crippen LogP contribution in [0.5, 0.6) is 11.8 Å². The minimum atomic E-state index is -0.714. The Bertz CT molecular complexity index is 3980. The summed E-state index contributed by atoms with van der Waals surface area (Å²) in [5.74, 6) is -1.69. The first-order valence-electron chi connectivity index (χ1n) is 26.7. The highest BCUT2D eigenvalue weighted by Gasteiger charge is 2.23. The van der Waals surface area contributed by atoms with E-state index in [1.807, 2.05) is 87.5 Å². The number of fused-ring (bicyclic) bond motifs is 2. The second-order valence-electron chi connectivity index (χ2n) is 19.9. The Morgan fingerprint density at radius 1 is 0.542 bits per heavy atom. The van der Waals surface area contributed by atoms with E-state index in [2.05, 4.69) is 57.2 Å². The zero-order valence-corrected chi connectivity index (χ0v) is 47.3. The van der Waals surface area contributed by atoms with Crippen LogP contribution in [0.15, 0.2) is 134 Å². The Balaban J connectivity index is 0.000000154. The molecule has 2 aliphatic heterocycles. The van der Waals surface area contributed by atoms with Crippen molar-refractivity contribution in [3.05, 3.63) is 185 Å². The van der Waals surface area contributed by atoms with Crippen LogP contribution >= 0.6 is 11.6 Å². The van der Waals surface area contributed by atoms with Gasteiger partial charge in [0.2, 0.25) is 11.8 Å². The molecule has 424 valence electrons. The maximum Gasteiger partial charge on any atom is 0.212 e. The zero-order chi connectivity index (χ0) is 58.3. The molecule has 0 unspecified atom stereocenters. The van der Waals surface area contributed by atoms with Crippen LogP contribution in [0.2, 0.25) is 5.02 Å². The number of rotatable bonds is 10. The first-order valence-corrected chi connectivity index (χ1v) is 27.1. The molecule has 0 spiro atoms. The number of nitrogens with one attached hydrogen (secondary N) is 1. The van der Waals surface area contributed by atoms with E-state index >= 15 is 4.39 Å². The van der Waals surface area contributed by atoms with E-state index in [0.717, 1.165) is 108 Å². The van der Waals surface area contributed by atoms with Gasteiger partial charge in [0.05, 0.1) is 95.9 Å². The summed E-state index contributed by atoms with van der Waals surface area (Å²) in [5, 5.41) is 4.10. The summed E-state index contributed by atoms with van der Waals surface area (Å²) in [6, 6.07) is 31.4. The number of anilines is 5. The van der Waals surface area contributed by atoms with Gasteiger partial charge in [0, 0.05) is 138 Å². The smallest absolute Gasteiger partial charge is 0.212 e. The largest absolute Gasteiger partial charge is 0.481 e. The number of nitrogen functional groups attached to an aromatic ring is 1. The number of aromatic nitrogens is 6. The summed E-state index contributed by atoms with van der Waals surface area (Å²) in [4.78, 5) is 30.9. The molecule has 0 amide bonds. The average Bonchev–Trinajstić information content (AvgIpc) is 3.63. The molecule has 3 N–H and O–H groups in total. The lowest BCUT2D eigenvalue weighted by Crippen LogP contribution is -2.36. The number of morpholine rings is 2. The summed E-state index contributed by atoms with van der Waals surface area (Å²) >= 11 is 6.25. The predicted molar refractivity (Wildman–Crippen MR) is 320 cm³/mol. The summed E-state index contributed by atoms with van der Waals surface area (Å²) in [6.07, 6.45) is 6.88. The van der Waals surface area contributed by atoms with E-state index in [-0.39, 0.29) is 26.8 Å². The molecule has 83 heavy (non-hydrogen) atoms. The SMILES string of the molecule is COc1ccc(-c2ccc(N3CCOCC3)cc2N)cn1.COc1ccc(-c2ccc(N3CCOCC3)cc2Nc2c(C)c(-c3cc(C)ccn3)nc3cc(F)cc(F)c23)cn1.Cc1ccnc(-c2nc3cc(F)cc(F)c3c(Cl)c2C)c1. The molecule has 14 nitrogen and oxygen atoms in total. The van der Waals surface area contributed by atoms with Crippen molar-refractivity contribution in [3.8, 4) is 56.8 Å². The lowest BCUT2D eigenvalue weighted by Gasteiger charge is -2.30. The number of nitrogens with two attached hydrogens (primary N) is 1. The van der Waals surface area contributed by atoms with E-state index in [4.69, 9.17) is 36.3 Å². The van der Waals surface area contributed by atoms with Gasteiger partial charge in [0.15, 0.2) is 0 Å². The number of ether oxygens (including phenoxy) is 4. The van der Waals surface area contributed by atoms with Gasteiger partial charge >= 0.3 is 0 Å². The van der Waals surface area contributed by atoms with Crippen LogP contribution in [0.25, 0.3) is 66.8 Å². The lowest BCUT2D eigenvalue weighted by molar-refractivity contribution is 0.122. The van der Waals surface area contributed by atoms with Gasteiger partial charge in [0.25, 0.3) is 0 Å². The Hall–Kier alpha value is -8.97. The molecule has 0 bridgehead atoms. The Morgan fingerprint density at radius 2 is 1.02 bits per heavy atom. The third-order valence-corrected chi connectivity index (χ3v) is 14.8. The monoisotopic (exact) mass is 1140 g/mol. The molecule has 0 saturated carbocycles. The van der Waals surface area contributed by atoms with Crippen LogP contribution in [0.4, 0.5) is 46.0 Å². The van der Waals surface area contributed by atoms with E-state index in [1.54, 1.807) is 52.0 Å². The van der Waals surface area contributed by atoms with Crippen molar-refractivity contribution in [1.29, 1.82) is 0 Å². The number of methoxy groups -OCH3 is 2. The number of aryl methyl sites for hydroxylation is 2. The summed E-state index contributed by atoms with van der Waals surface area (Å²) in [5.41, 5.74) is 20.1. The standard InChI is InChI=1S/C32H29F2N5O2.C16H11ClF2N2.C16H19N3O2/c1-19-8-9-35-28(14-19)31-20(2)32(30-25(34)15-22(33)16-27(30)38-31)37-26-17-23(39-10-12-41-13-11-39)5-6-24(26)21-4-7-29(40-3)36-18-21;1-8-3-4-20-13(5-8)16-9(2)15(17)14-11(19)6-10(18)7-12(14)21-16;1-20-16-5-2-12(11-18-16)14-4-3-13(10-15(14)17)19-6-8-21-9-7-19/h4-9,14-18H,10-13H2,1-3H3,(H,37,38);3-7H,1-2H3;2-5,10-11H,6-9,17H2,1H3. The molecule has 4 aromatic carbocycles. The van der Waals surface area contributed by atoms with Crippen LogP contribution < -0.4 is 30.3 Å². The van der Waals surface area contributed by atoms with Crippen LogP contribution in [0, 0.1) is 51.0 Å². The molecule has 0 radical (unpaired) electrons. The van der Waals surface area contributed by atoms with Crippen LogP contribution in [0.3, 0.4) is 0 Å². The molecule has 2 saturated heterocycles. The number of halogens is 5. The van der Waals surface area contributed by atoms with Gasteiger partial charge in [0.1, 0.15) is 23.3 Å². The van der Waals surface area contributed by atoms with Gasteiger partial charge in [-0.2, -0.15) is 0 Å². The number of hydrogen-bond donors (Lipinski definition) is 2. The predicted octanol–water partition coefficient (Wildman–Crippen LogP) is 13.9. The van der Waals surface area contributed by atoms with Crippen molar-refractivity contribution in [1.82, 2.24) is 29.9 Å². The molecule has 8 heterocycles. The molecule has 19 heteroatoms. The molecule has 0 atom stereocenters. The van der Waals surface area contributed by atoms with Crippen LogP contribution in [0.1, 0.15) is 22.3 Å². The normalized spacial score (nSPS) is 13.2. The minimum Gasteiger partial charge on any atom is -0.481 e. The fourth-order valence-corrected chi connectivity index (χ4v) is 10.2. The second kappa shape index (κ2) is 25.4. The van der Waals surface area contributed by atoms with Gasteiger partial charge in [-0.1, -0.05) is 23.7 Å². The van der Waals surface area contributed by atoms with Crippen molar-refractivity contribution in [2.45, 2.75) is 27.7 Å². The Morgan fingerprint density at radius 3 is 1.52 bits per heavy atom. The van der Waals surface area contributed by atoms with Crippen molar-refractivity contribution in [2.24, 2.45) is 0 Å². The third kappa shape index (κ3) is 12.9. The third-order valence-electron chi connectivity index (χ3n) is 14.3. The average molecular weight is 1140 g/mol. The first-order chi connectivity index (χ1) is 40.2. The molecule has 12 rings (SSSR count). The highest BCUT2D eigenvalue weighted by atomic mass is 35.5. The molecule has 6 aromatic heterocycles. The summed E-state index contributed by atoms with van der Waals surface area (Å²) < 4.78 is 78.4. The van der Waals surface area contributed by atoms with Crippen molar-refractivity contribution in [2.75, 3.05) is 87.7 Å².